The Labute approximate surface area is 173 Å². The number of halogens is 1. The minimum absolute atomic E-state index is 0.362. The number of benzene rings is 2. The summed E-state index contributed by atoms with van der Waals surface area (Å²) in [5.41, 5.74) is 2.30. The molecule has 0 fully saturated rings. The molecule has 3 rings (SSSR count). The Kier molecular flexibility index (Phi) is 6.86. The van der Waals surface area contributed by atoms with Crippen LogP contribution in [0.3, 0.4) is 0 Å². The number of carbonyl (C=O) groups is 1. The fourth-order valence-electron chi connectivity index (χ4n) is 2.39. The van der Waals surface area contributed by atoms with Crippen LogP contribution in [0.25, 0.3) is 11.3 Å². The Hall–Kier alpha value is -2.61. The molecular weight excluding hydrogens is 396 g/mol. The summed E-state index contributed by atoms with van der Waals surface area (Å²) in [5, 5.41) is 8.51. The highest BCUT2D eigenvalue weighted by molar-refractivity contribution is 7.14. The second-order valence-corrected chi connectivity index (χ2v) is 7.57. The molecule has 0 aliphatic heterocycles. The molecule has 0 radical (unpaired) electrons. The quantitative estimate of drug-likeness (QED) is 0.565. The highest BCUT2D eigenvalue weighted by Gasteiger charge is 2.12. The van der Waals surface area contributed by atoms with E-state index in [1.54, 1.807) is 24.3 Å². The number of thiazole rings is 1. The van der Waals surface area contributed by atoms with E-state index >= 15 is 0 Å². The molecular formula is C20H21ClN4O2S. The van der Waals surface area contributed by atoms with Crippen molar-refractivity contribution in [1.29, 1.82) is 0 Å². The van der Waals surface area contributed by atoms with Crippen LogP contribution in [0.2, 0.25) is 5.02 Å². The number of aromatic nitrogens is 1. The smallest absolute Gasteiger partial charge is 0.325 e. The molecule has 8 heteroatoms. The topological polar surface area (TPSA) is 66.5 Å². The molecule has 0 saturated carbocycles. The first-order chi connectivity index (χ1) is 13.5. The third kappa shape index (κ3) is 5.69. The van der Waals surface area contributed by atoms with E-state index in [1.807, 2.05) is 43.7 Å². The number of nitrogens with one attached hydrogen (secondary N) is 2. The SMILES string of the molecule is CN(C)CCOc1ccccc1-c1csc(NC(=O)Nc2ccc(Cl)cc2)n1. The zero-order chi connectivity index (χ0) is 19.9. The Morgan fingerprint density at radius 2 is 1.89 bits per heavy atom. The molecule has 0 bridgehead atoms. The lowest BCUT2D eigenvalue weighted by Gasteiger charge is -2.13. The molecule has 0 aliphatic rings. The van der Waals surface area contributed by atoms with Gasteiger partial charge >= 0.3 is 6.03 Å². The lowest BCUT2D eigenvalue weighted by Crippen LogP contribution is -2.19. The van der Waals surface area contributed by atoms with E-state index < -0.39 is 0 Å². The minimum atomic E-state index is -0.362. The van der Waals surface area contributed by atoms with Gasteiger partial charge in [0.2, 0.25) is 0 Å². The first-order valence-electron chi connectivity index (χ1n) is 8.67. The van der Waals surface area contributed by atoms with Crippen LogP contribution in [0, 0.1) is 0 Å². The van der Waals surface area contributed by atoms with Crippen LogP contribution in [-0.2, 0) is 0 Å². The predicted molar refractivity (Wildman–Crippen MR) is 116 cm³/mol. The van der Waals surface area contributed by atoms with Gasteiger partial charge in [0.05, 0.1) is 5.69 Å². The lowest BCUT2D eigenvalue weighted by molar-refractivity contribution is 0.262. The number of nitrogens with zero attached hydrogens (tertiary/aromatic N) is 2. The fraction of sp³-hybridized carbons (Fsp3) is 0.200. The molecule has 2 aromatic carbocycles. The second kappa shape index (κ2) is 9.54. The van der Waals surface area contributed by atoms with Crippen molar-refractivity contribution >= 4 is 39.8 Å². The summed E-state index contributed by atoms with van der Waals surface area (Å²) in [7, 11) is 4.01. The van der Waals surface area contributed by atoms with Crippen molar-refractivity contribution in [2.24, 2.45) is 0 Å². The summed E-state index contributed by atoms with van der Waals surface area (Å²) in [5.74, 6) is 0.770. The van der Waals surface area contributed by atoms with Gasteiger partial charge in [-0.15, -0.1) is 11.3 Å². The van der Waals surface area contributed by atoms with Crippen molar-refractivity contribution in [3.63, 3.8) is 0 Å². The highest BCUT2D eigenvalue weighted by Crippen LogP contribution is 2.32. The Bertz CT molecular complexity index is 928. The number of carbonyl (C=O) groups excluding carboxylic acids is 1. The van der Waals surface area contributed by atoms with E-state index in [4.69, 9.17) is 16.3 Å². The van der Waals surface area contributed by atoms with Gasteiger partial charge < -0.3 is 15.0 Å². The molecule has 2 amide bonds. The Morgan fingerprint density at radius 1 is 1.14 bits per heavy atom. The number of anilines is 2. The molecule has 2 N–H and O–H groups in total. The van der Waals surface area contributed by atoms with Crippen molar-refractivity contribution in [2.75, 3.05) is 37.9 Å². The normalized spacial score (nSPS) is 10.7. The molecule has 0 aliphatic carbocycles. The fourth-order valence-corrected chi connectivity index (χ4v) is 3.22. The van der Waals surface area contributed by atoms with E-state index in [0.29, 0.717) is 22.4 Å². The molecule has 1 heterocycles. The first kappa shape index (κ1) is 20.1. The summed E-state index contributed by atoms with van der Waals surface area (Å²) in [4.78, 5) is 18.7. The maximum absolute atomic E-state index is 12.2. The molecule has 28 heavy (non-hydrogen) atoms. The average Bonchev–Trinajstić information content (AvgIpc) is 3.12. The number of urea groups is 1. The summed E-state index contributed by atoms with van der Waals surface area (Å²) in [6.45, 7) is 1.41. The maximum atomic E-state index is 12.2. The maximum Gasteiger partial charge on any atom is 0.325 e. The van der Waals surface area contributed by atoms with Gasteiger partial charge in [0.1, 0.15) is 12.4 Å². The van der Waals surface area contributed by atoms with Crippen LogP contribution in [-0.4, -0.2) is 43.2 Å². The molecule has 0 unspecified atom stereocenters. The molecule has 6 nitrogen and oxygen atoms in total. The molecule has 0 spiro atoms. The van der Waals surface area contributed by atoms with Crippen LogP contribution >= 0.6 is 22.9 Å². The van der Waals surface area contributed by atoms with Crippen LogP contribution < -0.4 is 15.4 Å². The van der Waals surface area contributed by atoms with Crippen molar-refractivity contribution in [1.82, 2.24) is 9.88 Å². The van der Waals surface area contributed by atoms with E-state index in [1.165, 1.54) is 11.3 Å². The van der Waals surface area contributed by atoms with Gasteiger partial charge in [-0.05, 0) is 50.5 Å². The number of amides is 2. The molecule has 1 aromatic heterocycles. The number of hydrogen-bond acceptors (Lipinski definition) is 5. The van der Waals surface area contributed by atoms with Gasteiger partial charge in [-0.2, -0.15) is 0 Å². The third-order valence-corrected chi connectivity index (χ3v) is 4.80. The number of ether oxygens (including phenoxy) is 1. The zero-order valence-electron chi connectivity index (χ0n) is 15.6. The molecule has 3 aromatic rings. The van der Waals surface area contributed by atoms with E-state index in [-0.39, 0.29) is 6.03 Å². The van der Waals surface area contributed by atoms with Crippen LogP contribution in [0.15, 0.2) is 53.9 Å². The van der Waals surface area contributed by atoms with Crippen LogP contribution in [0.4, 0.5) is 15.6 Å². The van der Waals surface area contributed by atoms with Gasteiger partial charge in [-0.25, -0.2) is 9.78 Å². The predicted octanol–water partition coefficient (Wildman–Crippen LogP) is 5.05. The molecule has 146 valence electrons. The number of likely N-dealkylation sites (N-methyl/N-ethyl adjacent to an activating group) is 1. The van der Waals surface area contributed by atoms with E-state index in [0.717, 1.165) is 23.6 Å². The van der Waals surface area contributed by atoms with Gasteiger partial charge in [-0.1, -0.05) is 23.7 Å². The second-order valence-electron chi connectivity index (χ2n) is 6.27. The lowest BCUT2D eigenvalue weighted by atomic mass is 10.1. The van der Waals surface area contributed by atoms with Crippen molar-refractivity contribution < 1.29 is 9.53 Å². The highest BCUT2D eigenvalue weighted by atomic mass is 35.5. The third-order valence-electron chi connectivity index (χ3n) is 3.79. The first-order valence-corrected chi connectivity index (χ1v) is 9.93. The average molecular weight is 417 g/mol. The van der Waals surface area contributed by atoms with Crippen molar-refractivity contribution in [2.45, 2.75) is 0 Å². The summed E-state index contributed by atoms with van der Waals surface area (Å²) in [6, 6.07) is 14.3. The molecule has 0 atom stereocenters. The van der Waals surface area contributed by atoms with E-state index in [9.17, 15) is 4.79 Å². The summed E-state index contributed by atoms with van der Waals surface area (Å²) < 4.78 is 5.89. The van der Waals surface area contributed by atoms with Gasteiger partial charge in [0.15, 0.2) is 5.13 Å². The standard InChI is InChI=1S/C20H21ClN4O2S/c1-25(2)11-12-27-18-6-4-3-5-16(18)17-13-28-20(23-17)24-19(26)22-15-9-7-14(21)8-10-15/h3-10,13H,11-12H2,1-2H3,(H2,22,23,24,26). The van der Waals surface area contributed by atoms with Crippen molar-refractivity contribution in [3.05, 3.63) is 58.9 Å². The van der Waals surface area contributed by atoms with Crippen LogP contribution in [0.1, 0.15) is 0 Å². The Morgan fingerprint density at radius 3 is 2.64 bits per heavy atom. The van der Waals surface area contributed by atoms with Gasteiger partial charge in [0, 0.05) is 28.2 Å². The van der Waals surface area contributed by atoms with Gasteiger partial charge in [0.25, 0.3) is 0 Å². The number of rotatable bonds is 7. The number of para-hydroxylation sites is 1. The zero-order valence-corrected chi connectivity index (χ0v) is 17.2. The monoisotopic (exact) mass is 416 g/mol. The molecule has 0 saturated heterocycles. The largest absolute Gasteiger partial charge is 0.492 e. The summed E-state index contributed by atoms with van der Waals surface area (Å²) >= 11 is 7.20. The van der Waals surface area contributed by atoms with Crippen molar-refractivity contribution in [3.8, 4) is 17.0 Å². The van der Waals surface area contributed by atoms with Crippen LogP contribution in [0.5, 0.6) is 5.75 Å². The van der Waals surface area contributed by atoms with Gasteiger partial charge in [-0.3, -0.25) is 5.32 Å². The summed E-state index contributed by atoms with van der Waals surface area (Å²) in [6.07, 6.45) is 0. The number of hydrogen-bond donors (Lipinski definition) is 2. The minimum Gasteiger partial charge on any atom is -0.492 e. The van der Waals surface area contributed by atoms with E-state index in [2.05, 4.69) is 20.5 Å². The Balaban J connectivity index is 1.65.